The highest BCUT2D eigenvalue weighted by Gasteiger charge is 2.30. The zero-order valence-electron chi connectivity index (χ0n) is 17.0. The molecule has 29 heavy (non-hydrogen) atoms. The summed E-state index contributed by atoms with van der Waals surface area (Å²) in [5.74, 6) is -0.878. The van der Waals surface area contributed by atoms with E-state index in [0.29, 0.717) is 21.4 Å². The molecule has 0 radical (unpaired) electrons. The summed E-state index contributed by atoms with van der Waals surface area (Å²) in [5.41, 5.74) is 2.23. The number of carbonyl (C=O) groups excluding carboxylic acids is 3. The average molecular weight is 436 g/mol. The monoisotopic (exact) mass is 435 g/mol. The zero-order chi connectivity index (χ0) is 21.1. The van der Waals surface area contributed by atoms with Crippen molar-refractivity contribution in [3.8, 4) is 0 Å². The first kappa shape index (κ1) is 21.5. The average Bonchev–Trinajstić information content (AvgIpc) is 3.24. The Hall–Kier alpha value is -2.19. The van der Waals surface area contributed by atoms with Crippen molar-refractivity contribution in [2.75, 3.05) is 11.9 Å². The van der Waals surface area contributed by atoms with E-state index in [2.05, 4.69) is 12.2 Å². The van der Waals surface area contributed by atoms with Crippen molar-refractivity contribution in [2.24, 2.45) is 5.92 Å². The van der Waals surface area contributed by atoms with Gasteiger partial charge in [0.25, 0.3) is 5.91 Å². The number of aryl methyl sites for hydroxylation is 1. The predicted octanol–water partition coefficient (Wildman–Crippen LogP) is 4.60. The number of thiophene rings is 2. The SMILES string of the molecule is CCOC(=O)c1c(NC(=O)C(C)OC(=O)c2sccc2C)sc2c1CCC(C)C2. The number of esters is 2. The van der Waals surface area contributed by atoms with Gasteiger partial charge < -0.3 is 14.8 Å². The van der Waals surface area contributed by atoms with Gasteiger partial charge in [-0.1, -0.05) is 6.92 Å². The number of anilines is 1. The third-order valence-corrected chi connectivity index (χ3v) is 7.09. The first-order chi connectivity index (χ1) is 13.8. The summed E-state index contributed by atoms with van der Waals surface area (Å²) < 4.78 is 10.5. The highest BCUT2D eigenvalue weighted by molar-refractivity contribution is 7.17. The minimum atomic E-state index is -0.989. The van der Waals surface area contributed by atoms with Crippen LogP contribution in [0.5, 0.6) is 0 Å². The highest BCUT2D eigenvalue weighted by atomic mass is 32.1. The van der Waals surface area contributed by atoms with Gasteiger partial charge in [-0.2, -0.15) is 0 Å². The normalized spacial score (nSPS) is 16.6. The summed E-state index contributed by atoms with van der Waals surface area (Å²) in [4.78, 5) is 39.1. The number of amides is 1. The molecule has 0 aromatic carbocycles. The van der Waals surface area contributed by atoms with Gasteiger partial charge in [-0.3, -0.25) is 4.79 Å². The highest BCUT2D eigenvalue weighted by Crippen LogP contribution is 2.40. The number of fused-ring (bicyclic) bond motifs is 1. The Bertz CT molecular complexity index is 930. The van der Waals surface area contributed by atoms with Crippen LogP contribution in [0.4, 0.5) is 5.00 Å². The van der Waals surface area contributed by atoms with Crippen molar-refractivity contribution >= 4 is 45.5 Å². The fourth-order valence-corrected chi connectivity index (χ4v) is 5.53. The molecule has 3 rings (SSSR count). The molecule has 2 unspecified atom stereocenters. The van der Waals surface area contributed by atoms with Crippen molar-refractivity contribution in [2.45, 2.75) is 53.1 Å². The number of nitrogens with one attached hydrogen (secondary N) is 1. The van der Waals surface area contributed by atoms with Gasteiger partial charge in [-0.25, -0.2) is 9.59 Å². The molecule has 0 saturated heterocycles. The lowest BCUT2D eigenvalue weighted by atomic mass is 9.88. The van der Waals surface area contributed by atoms with Crippen molar-refractivity contribution in [3.63, 3.8) is 0 Å². The summed E-state index contributed by atoms with van der Waals surface area (Å²) in [6, 6.07) is 1.83. The lowest BCUT2D eigenvalue weighted by Crippen LogP contribution is -2.30. The van der Waals surface area contributed by atoms with Crippen LogP contribution in [0.15, 0.2) is 11.4 Å². The molecular formula is C21H25NO5S2. The second kappa shape index (κ2) is 9.09. The number of carbonyl (C=O) groups is 3. The first-order valence-electron chi connectivity index (χ1n) is 9.69. The molecule has 0 spiro atoms. The van der Waals surface area contributed by atoms with Gasteiger partial charge in [0.2, 0.25) is 0 Å². The molecule has 2 heterocycles. The molecule has 6 nitrogen and oxygen atoms in total. The fourth-order valence-electron chi connectivity index (χ4n) is 3.32. The standard InChI is InChI=1S/C21H25NO5S2/c1-5-26-20(24)16-14-7-6-11(2)10-15(14)29-19(16)22-18(23)13(4)27-21(25)17-12(3)8-9-28-17/h8-9,11,13H,5-7,10H2,1-4H3,(H,22,23). The Balaban J connectivity index is 1.78. The second-order valence-corrected chi connectivity index (χ2v) is 9.27. The zero-order valence-corrected chi connectivity index (χ0v) is 18.6. The number of ether oxygens (including phenoxy) is 2. The van der Waals surface area contributed by atoms with E-state index >= 15 is 0 Å². The Morgan fingerprint density at radius 2 is 2.07 bits per heavy atom. The van der Waals surface area contributed by atoms with Gasteiger partial charge in [-0.05, 0) is 68.5 Å². The molecule has 0 saturated carbocycles. The molecule has 2 atom stereocenters. The van der Waals surface area contributed by atoms with Gasteiger partial charge in [0, 0.05) is 4.88 Å². The fraction of sp³-hybridized carbons (Fsp3) is 0.476. The van der Waals surface area contributed by atoms with E-state index in [4.69, 9.17) is 9.47 Å². The first-order valence-corrected chi connectivity index (χ1v) is 11.4. The number of hydrogen-bond acceptors (Lipinski definition) is 7. The van der Waals surface area contributed by atoms with E-state index in [1.54, 1.807) is 12.3 Å². The van der Waals surface area contributed by atoms with Gasteiger partial charge in [0.05, 0.1) is 12.2 Å². The number of hydrogen-bond donors (Lipinski definition) is 1. The van der Waals surface area contributed by atoms with Crippen LogP contribution in [-0.2, 0) is 27.1 Å². The molecule has 1 aliphatic rings. The quantitative estimate of drug-likeness (QED) is 0.671. The summed E-state index contributed by atoms with van der Waals surface area (Å²) in [6.07, 6.45) is 1.68. The molecule has 1 N–H and O–H groups in total. The van der Waals surface area contributed by atoms with Gasteiger partial charge in [0.1, 0.15) is 9.88 Å². The molecule has 0 aliphatic heterocycles. The van der Waals surface area contributed by atoms with E-state index in [9.17, 15) is 14.4 Å². The minimum absolute atomic E-state index is 0.265. The van der Waals surface area contributed by atoms with Crippen molar-refractivity contribution in [1.82, 2.24) is 0 Å². The maximum atomic E-state index is 12.7. The van der Waals surface area contributed by atoms with Crippen LogP contribution in [-0.4, -0.2) is 30.6 Å². The van der Waals surface area contributed by atoms with Gasteiger partial charge >= 0.3 is 11.9 Å². The molecule has 2 aromatic heterocycles. The van der Waals surface area contributed by atoms with Crippen LogP contribution in [0.2, 0.25) is 0 Å². The van der Waals surface area contributed by atoms with Gasteiger partial charge in [0.15, 0.2) is 6.10 Å². The minimum Gasteiger partial charge on any atom is -0.462 e. The summed E-state index contributed by atoms with van der Waals surface area (Å²) in [6.45, 7) is 7.54. The Kier molecular flexibility index (Phi) is 6.74. The van der Waals surface area contributed by atoms with E-state index in [1.807, 2.05) is 13.0 Å². The van der Waals surface area contributed by atoms with Crippen LogP contribution in [0.3, 0.4) is 0 Å². The Labute approximate surface area is 178 Å². The molecule has 8 heteroatoms. The maximum absolute atomic E-state index is 12.7. The van der Waals surface area contributed by atoms with E-state index in [0.717, 1.165) is 35.3 Å². The summed E-state index contributed by atoms with van der Waals surface area (Å²) in [5, 5.41) is 5.07. The molecule has 2 aromatic rings. The van der Waals surface area contributed by atoms with E-state index in [-0.39, 0.29) is 6.61 Å². The molecule has 0 fully saturated rings. The topological polar surface area (TPSA) is 81.7 Å². The lowest BCUT2D eigenvalue weighted by molar-refractivity contribution is -0.123. The van der Waals surface area contributed by atoms with Crippen LogP contribution < -0.4 is 5.32 Å². The van der Waals surface area contributed by atoms with Crippen molar-refractivity contribution in [3.05, 3.63) is 37.9 Å². The van der Waals surface area contributed by atoms with Crippen LogP contribution >= 0.6 is 22.7 Å². The Morgan fingerprint density at radius 1 is 1.31 bits per heavy atom. The van der Waals surface area contributed by atoms with Crippen LogP contribution in [0, 0.1) is 12.8 Å². The smallest absolute Gasteiger partial charge is 0.349 e. The Morgan fingerprint density at radius 3 is 2.72 bits per heavy atom. The third-order valence-electron chi connectivity index (χ3n) is 4.93. The molecule has 156 valence electrons. The third kappa shape index (κ3) is 4.70. The maximum Gasteiger partial charge on any atom is 0.349 e. The lowest BCUT2D eigenvalue weighted by Gasteiger charge is -2.18. The van der Waals surface area contributed by atoms with E-state index < -0.39 is 23.9 Å². The largest absolute Gasteiger partial charge is 0.462 e. The number of rotatable bonds is 6. The van der Waals surface area contributed by atoms with Gasteiger partial charge in [-0.15, -0.1) is 22.7 Å². The van der Waals surface area contributed by atoms with Crippen molar-refractivity contribution < 1.29 is 23.9 Å². The predicted molar refractivity (Wildman–Crippen MR) is 114 cm³/mol. The summed E-state index contributed by atoms with van der Waals surface area (Å²) >= 11 is 2.69. The molecule has 0 bridgehead atoms. The van der Waals surface area contributed by atoms with Crippen LogP contribution in [0.1, 0.15) is 63.2 Å². The van der Waals surface area contributed by atoms with Crippen molar-refractivity contribution in [1.29, 1.82) is 0 Å². The van der Waals surface area contributed by atoms with E-state index in [1.165, 1.54) is 29.6 Å². The molecule has 1 amide bonds. The second-order valence-electron chi connectivity index (χ2n) is 7.25. The molecule has 1 aliphatic carbocycles. The molecular weight excluding hydrogens is 410 g/mol. The summed E-state index contributed by atoms with van der Waals surface area (Å²) in [7, 11) is 0. The van der Waals surface area contributed by atoms with Crippen LogP contribution in [0.25, 0.3) is 0 Å².